The smallest absolute Gasteiger partial charge is 0.257 e. The van der Waals surface area contributed by atoms with Gasteiger partial charge in [0.15, 0.2) is 0 Å². The first kappa shape index (κ1) is 16.3. The highest BCUT2D eigenvalue weighted by Gasteiger charge is 2.15. The number of aromatic nitrogens is 4. The molecule has 0 unspecified atom stereocenters. The molecule has 0 aliphatic heterocycles. The van der Waals surface area contributed by atoms with Crippen molar-refractivity contribution in [3.05, 3.63) is 67.0 Å². The van der Waals surface area contributed by atoms with Crippen LogP contribution < -0.4 is 10.6 Å². The number of pyridine rings is 1. The van der Waals surface area contributed by atoms with Crippen molar-refractivity contribution in [2.45, 2.75) is 13.0 Å². The summed E-state index contributed by atoms with van der Waals surface area (Å²) in [6, 6.07) is 9.75. The minimum absolute atomic E-state index is 0.211. The fourth-order valence-electron chi connectivity index (χ4n) is 2.12. The summed E-state index contributed by atoms with van der Waals surface area (Å²) in [4.78, 5) is 32.0. The third kappa shape index (κ3) is 4.05. The van der Waals surface area contributed by atoms with Crippen LogP contribution in [-0.2, 0) is 4.79 Å². The zero-order valence-electron chi connectivity index (χ0n) is 13.5. The molecule has 1 atom stereocenters. The minimum atomic E-state index is -0.479. The Balaban J connectivity index is 1.60. The van der Waals surface area contributed by atoms with Crippen LogP contribution in [0.2, 0.25) is 0 Å². The predicted octanol–water partition coefficient (Wildman–Crippen LogP) is 2.13. The van der Waals surface area contributed by atoms with Gasteiger partial charge in [-0.2, -0.15) is 5.10 Å². The summed E-state index contributed by atoms with van der Waals surface area (Å²) in [5, 5.41) is 9.51. The largest absolute Gasteiger partial charge is 0.324 e. The van der Waals surface area contributed by atoms with Crippen molar-refractivity contribution in [1.82, 2.24) is 19.7 Å². The number of amides is 2. The van der Waals surface area contributed by atoms with Crippen LogP contribution in [-0.4, -0.2) is 31.6 Å². The Bertz CT molecular complexity index is 847. The van der Waals surface area contributed by atoms with Gasteiger partial charge in [0.25, 0.3) is 5.91 Å². The van der Waals surface area contributed by atoms with Crippen molar-refractivity contribution in [3.8, 4) is 0 Å². The van der Waals surface area contributed by atoms with Gasteiger partial charge in [0.2, 0.25) is 5.91 Å². The summed E-state index contributed by atoms with van der Waals surface area (Å²) < 4.78 is 1.47. The molecule has 3 rings (SSSR count). The van der Waals surface area contributed by atoms with E-state index in [0.29, 0.717) is 16.9 Å². The van der Waals surface area contributed by atoms with Gasteiger partial charge in [-0.25, -0.2) is 9.67 Å². The van der Waals surface area contributed by atoms with Gasteiger partial charge in [-0.3, -0.25) is 14.6 Å². The average molecular weight is 336 g/mol. The van der Waals surface area contributed by atoms with E-state index < -0.39 is 6.04 Å². The standard InChI is InChI=1S/C17H16N6O2/c1-12(23-11-19-10-20-23)16(24)21-14-4-6-15(7-5-14)22-17(25)13-3-2-8-18-9-13/h2-12H,1H3,(H,21,24)(H,22,25)/t12-/m1/s1. The normalized spacial score (nSPS) is 11.6. The van der Waals surface area contributed by atoms with Gasteiger partial charge in [-0.1, -0.05) is 0 Å². The van der Waals surface area contributed by atoms with E-state index >= 15 is 0 Å². The molecule has 0 radical (unpaired) electrons. The second kappa shape index (κ2) is 7.35. The number of anilines is 2. The Morgan fingerprint density at radius 3 is 2.36 bits per heavy atom. The van der Waals surface area contributed by atoms with E-state index in [1.807, 2.05) is 0 Å². The molecule has 126 valence electrons. The zero-order valence-corrected chi connectivity index (χ0v) is 13.5. The first-order valence-electron chi connectivity index (χ1n) is 7.60. The van der Waals surface area contributed by atoms with Crippen LogP contribution in [0.1, 0.15) is 23.3 Å². The SMILES string of the molecule is C[C@H](C(=O)Nc1ccc(NC(=O)c2cccnc2)cc1)n1cncn1. The molecule has 2 amide bonds. The fourth-order valence-corrected chi connectivity index (χ4v) is 2.12. The molecule has 0 aliphatic rings. The van der Waals surface area contributed by atoms with E-state index in [2.05, 4.69) is 25.7 Å². The number of benzene rings is 1. The molecule has 2 aromatic heterocycles. The quantitative estimate of drug-likeness (QED) is 0.743. The summed E-state index contributed by atoms with van der Waals surface area (Å²) in [5.41, 5.74) is 1.72. The number of nitrogens with one attached hydrogen (secondary N) is 2. The predicted molar refractivity (Wildman–Crippen MR) is 92.0 cm³/mol. The van der Waals surface area contributed by atoms with E-state index in [1.165, 1.54) is 23.5 Å². The van der Waals surface area contributed by atoms with Crippen molar-refractivity contribution >= 4 is 23.2 Å². The molecule has 2 N–H and O–H groups in total. The summed E-state index contributed by atoms with van der Waals surface area (Å²) in [6.45, 7) is 1.73. The maximum atomic E-state index is 12.2. The van der Waals surface area contributed by atoms with Crippen LogP contribution in [0.15, 0.2) is 61.4 Å². The minimum Gasteiger partial charge on any atom is -0.324 e. The molecule has 1 aromatic carbocycles. The second-order valence-electron chi connectivity index (χ2n) is 5.31. The highest BCUT2D eigenvalue weighted by molar-refractivity contribution is 6.04. The molecular weight excluding hydrogens is 320 g/mol. The number of rotatable bonds is 5. The third-order valence-electron chi connectivity index (χ3n) is 3.55. The van der Waals surface area contributed by atoms with Gasteiger partial charge < -0.3 is 10.6 Å². The summed E-state index contributed by atoms with van der Waals surface area (Å²) in [7, 11) is 0. The first-order valence-corrected chi connectivity index (χ1v) is 7.60. The van der Waals surface area contributed by atoms with Crippen LogP contribution >= 0.6 is 0 Å². The summed E-state index contributed by atoms with van der Waals surface area (Å²) in [6.07, 6.45) is 5.97. The van der Waals surface area contributed by atoms with Gasteiger partial charge in [0.1, 0.15) is 18.7 Å². The molecule has 0 bridgehead atoms. The van der Waals surface area contributed by atoms with Crippen molar-refractivity contribution in [2.75, 3.05) is 10.6 Å². The monoisotopic (exact) mass is 336 g/mol. The molecule has 2 heterocycles. The molecular formula is C17H16N6O2. The molecule has 0 aliphatic carbocycles. The number of hydrogen-bond donors (Lipinski definition) is 2. The Labute approximate surface area is 143 Å². The first-order chi connectivity index (χ1) is 12.1. The molecule has 25 heavy (non-hydrogen) atoms. The van der Waals surface area contributed by atoms with E-state index in [0.717, 1.165) is 0 Å². The zero-order chi connectivity index (χ0) is 17.6. The highest BCUT2D eigenvalue weighted by Crippen LogP contribution is 2.16. The van der Waals surface area contributed by atoms with Gasteiger partial charge >= 0.3 is 0 Å². The van der Waals surface area contributed by atoms with Crippen molar-refractivity contribution in [3.63, 3.8) is 0 Å². The molecule has 8 heteroatoms. The summed E-state index contributed by atoms with van der Waals surface area (Å²) in [5.74, 6) is -0.456. The lowest BCUT2D eigenvalue weighted by Crippen LogP contribution is -2.24. The number of nitrogens with zero attached hydrogens (tertiary/aromatic N) is 4. The van der Waals surface area contributed by atoms with E-state index in [-0.39, 0.29) is 11.8 Å². The lowest BCUT2D eigenvalue weighted by Gasteiger charge is -2.12. The maximum Gasteiger partial charge on any atom is 0.257 e. The molecule has 3 aromatic rings. The topological polar surface area (TPSA) is 102 Å². The van der Waals surface area contributed by atoms with E-state index in [4.69, 9.17) is 0 Å². The van der Waals surface area contributed by atoms with E-state index in [9.17, 15) is 9.59 Å². The van der Waals surface area contributed by atoms with Crippen molar-refractivity contribution in [1.29, 1.82) is 0 Å². The lowest BCUT2D eigenvalue weighted by molar-refractivity contribution is -0.119. The molecule has 8 nitrogen and oxygen atoms in total. The molecule has 0 spiro atoms. The van der Waals surface area contributed by atoms with E-state index in [1.54, 1.807) is 49.5 Å². The number of carbonyl (C=O) groups excluding carboxylic acids is 2. The Hall–Kier alpha value is -3.55. The van der Waals surface area contributed by atoms with Crippen LogP contribution in [0, 0.1) is 0 Å². The Morgan fingerprint density at radius 2 is 1.76 bits per heavy atom. The maximum absolute atomic E-state index is 12.2. The lowest BCUT2D eigenvalue weighted by atomic mass is 10.2. The van der Waals surface area contributed by atoms with Crippen molar-refractivity contribution < 1.29 is 9.59 Å². The van der Waals surface area contributed by atoms with Crippen LogP contribution in [0.4, 0.5) is 11.4 Å². The highest BCUT2D eigenvalue weighted by atomic mass is 16.2. The average Bonchev–Trinajstić information content (AvgIpc) is 3.18. The van der Waals surface area contributed by atoms with Crippen LogP contribution in [0.25, 0.3) is 0 Å². The third-order valence-corrected chi connectivity index (χ3v) is 3.55. The fraction of sp³-hybridized carbons (Fsp3) is 0.118. The second-order valence-corrected chi connectivity index (χ2v) is 5.31. The van der Waals surface area contributed by atoms with Crippen LogP contribution in [0.5, 0.6) is 0 Å². The molecule has 0 saturated carbocycles. The van der Waals surface area contributed by atoms with Gasteiger partial charge in [0.05, 0.1) is 5.56 Å². The number of carbonyl (C=O) groups is 2. The molecule has 0 fully saturated rings. The van der Waals surface area contributed by atoms with Gasteiger partial charge in [-0.05, 0) is 43.3 Å². The Kier molecular flexibility index (Phi) is 4.79. The van der Waals surface area contributed by atoms with Gasteiger partial charge in [-0.15, -0.1) is 0 Å². The Morgan fingerprint density at radius 1 is 1.04 bits per heavy atom. The summed E-state index contributed by atoms with van der Waals surface area (Å²) >= 11 is 0. The van der Waals surface area contributed by atoms with Crippen molar-refractivity contribution in [2.24, 2.45) is 0 Å². The van der Waals surface area contributed by atoms with Crippen LogP contribution in [0.3, 0.4) is 0 Å². The number of hydrogen-bond acceptors (Lipinski definition) is 5. The molecule has 0 saturated heterocycles. The van der Waals surface area contributed by atoms with Gasteiger partial charge in [0, 0.05) is 23.8 Å².